The van der Waals surface area contributed by atoms with Gasteiger partial charge < -0.3 is 25.8 Å². The van der Waals surface area contributed by atoms with Crippen LogP contribution < -0.4 is 20.9 Å². The fourth-order valence-electron chi connectivity index (χ4n) is 4.44. The molecule has 0 spiro atoms. The number of amides is 2. The summed E-state index contributed by atoms with van der Waals surface area (Å²) < 4.78 is 14.4. The second-order valence-electron chi connectivity index (χ2n) is 8.63. The van der Waals surface area contributed by atoms with Crippen molar-refractivity contribution in [2.45, 2.75) is 26.2 Å². The maximum atomic E-state index is 14.4. The van der Waals surface area contributed by atoms with Gasteiger partial charge in [-0.2, -0.15) is 4.98 Å². The molecule has 1 aromatic carbocycles. The maximum absolute atomic E-state index is 14.4. The van der Waals surface area contributed by atoms with Gasteiger partial charge in [-0.3, -0.25) is 9.59 Å². The number of hydrogen-bond acceptors (Lipinski definition) is 7. The Kier molecular flexibility index (Phi) is 6.90. The highest BCUT2D eigenvalue weighted by molar-refractivity contribution is 5.74. The van der Waals surface area contributed by atoms with Gasteiger partial charge in [0.15, 0.2) is 11.6 Å². The Balaban J connectivity index is 1.37. The first-order valence-electron chi connectivity index (χ1n) is 11.3. The van der Waals surface area contributed by atoms with Crippen molar-refractivity contribution in [1.29, 1.82) is 0 Å². The number of rotatable bonds is 6. The maximum Gasteiger partial charge on any atom is 0.229 e. The van der Waals surface area contributed by atoms with Gasteiger partial charge in [-0.25, -0.2) is 9.37 Å². The number of halogens is 1. The molecule has 4 rings (SSSR count). The molecule has 2 fully saturated rings. The van der Waals surface area contributed by atoms with Crippen LogP contribution in [0.1, 0.15) is 26.2 Å². The molecule has 2 aliphatic heterocycles. The van der Waals surface area contributed by atoms with E-state index >= 15 is 0 Å². The molecule has 10 heteroatoms. The van der Waals surface area contributed by atoms with Gasteiger partial charge in [0.1, 0.15) is 0 Å². The monoisotopic (exact) mass is 455 g/mol. The number of aromatic nitrogens is 2. The molecule has 0 unspecified atom stereocenters. The number of hydrogen-bond donors (Lipinski definition) is 2. The normalized spacial score (nSPS) is 17.2. The van der Waals surface area contributed by atoms with Crippen LogP contribution in [0.3, 0.4) is 0 Å². The van der Waals surface area contributed by atoms with Crippen LogP contribution in [0.25, 0.3) is 0 Å². The van der Waals surface area contributed by atoms with Crippen molar-refractivity contribution < 1.29 is 14.0 Å². The van der Waals surface area contributed by atoms with E-state index in [9.17, 15) is 14.0 Å². The van der Waals surface area contributed by atoms with Crippen LogP contribution >= 0.6 is 0 Å². The van der Waals surface area contributed by atoms with Crippen LogP contribution in [0.15, 0.2) is 30.5 Å². The fraction of sp³-hybridized carbons (Fsp3) is 0.478. The molecule has 9 nitrogen and oxygen atoms in total. The molecule has 0 aliphatic carbocycles. The summed E-state index contributed by atoms with van der Waals surface area (Å²) in [5.74, 6) is 0.193. The number of benzene rings is 1. The minimum absolute atomic E-state index is 0.114. The first-order valence-corrected chi connectivity index (χ1v) is 11.3. The number of nitrogens with zero attached hydrogens (tertiary/aromatic N) is 5. The van der Waals surface area contributed by atoms with Crippen LogP contribution in [0.5, 0.6) is 0 Å². The number of primary amides is 1. The van der Waals surface area contributed by atoms with Crippen LogP contribution in [-0.2, 0) is 9.59 Å². The minimum Gasteiger partial charge on any atom is -0.370 e. The Morgan fingerprint density at radius 3 is 2.33 bits per heavy atom. The number of piperazine rings is 1. The average molecular weight is 456 g/mol. The van der Waals surface area contributed by atoms with Gasteiger partial charge in [-0.1, -0.05) is 0 Å². The third-order valence-electron chi connectivity index (χ3n) is 6.34. The summed E-state index contributed by atoms with van der Waals surface area (Å²) in [6, 6.07) is 7.90. The number of anilines is 4. The molecule has 33 heavy (non-hydrogen) atoms. The highest BCUT2D eigenvalue weighted by Gasteiger charge is 2.24. The van der Waals surface area contributed by atoms with Gasteiger partial charge in [0.05, 0.1) is 6.20 Å². The van der Waals surface area contributed by atoms with Crippen LogP contribution in [0.2, 0.25) is 0 Å². The zero-order valence-electron chi connectivity index (χ0n) is 18.8. The Morgan fingerprint density at radius 2 is 1.73 bits per heavy atom. The Labute approximate surface area is 192 Å². The molecule has 3 heterocycles. The van der Waals surface area contributed by atoms with E-state index in [0.29, 0.717) is 25.5 Å². The third kappa shape index (κ3) is 5.68. The second-order valence-corrected chi connectivity index (χ2v) is 8.63. The molecule has 0 bridgehead atoms. The molecule has 2 aliphatic rings. The number of carbonyl (C=O) groups excluding carboxylic acids is 2. The fourth-order valence-corrected chi connectivity index (χ4v) is 4.44. The van der Waals surface area contributed by atoms with E-state index in [-0.39, 0.29) is 23.6 Å². The van der Waals surface area contributed by atoms with Crippen LogP contribution in [0.4, 0.5) is 27.5 Å². The lowest BCUT2D eigenvalue weighted by Crippen LogP contribution is -2.48. The molecule has 0 radical (unpaired) electrons. The van der Waals surface area contributed by atoms with Gasteiger partial charge in [-0.05, 0) is 43.0 Å². The molecule has 2 saturated heterocycles. The van der Waals surface area contributed by atoms with Crippen LogP contribution in [0, 0.1) is 11.7 Å². The van der Waals surface area contributed by atoms with E-state index in [4.69, 9.17) is 5.73 Å². The minimum atomic E-state index is -0.464. The Morgan fingerprint density at radius 1 is 1.06 bits per heavy atom. The van der Waals surface area contributed by atoms with Crippen molar-refractivity contribution in [3.05, 3.63) is 36.3 Å². The molecule has 0 atom stereocenters. The number of carbonyl (C=O) groups is 2. The lowest BCUT2D eigenvalue weighted by molar-refractivity contribution is -0.129. The Bertz CT molecular complexity index is 985. The lowest BCUT2D eigenvalue weighted by atomic mass is 9.93. The average Bonchev–Trinajstić information content (AvgIpc) is 2.81. The third-order valence-corrected chi connectivity index (χ3v) is 6.34. The topological polar surface area (TPSA) is 108 Å². The van der Waals surface area contributed by atoms with E-state index in [1.54, 1.807) is 6.92 Å². The SMILES string of the molecule is CC(=O)N1CCN(c2ccc(Nc3ncc(F)c(N4CCC(CC(N)=O)CC4)n3)cc2)CC1. The molecule has 176 valence electrons. The van der Waals surface area contributed by atoms with Crippen molar-refractivity contribution in [3.63, 3.8) is 0 Å². The molecule has 2 amide bonds. The Hall–Kier alpha value is -3.43. The first-order chi connectivity index (χ1) is 15.9. The van der Waals surface area contributed by atoms with Crippen molar-refractivity contribution in [2.75, 3.05) is 54.4 Å². The van der Waals surface area contributed by atoms with Gasteiger partial charge in [0.2, 0.25) is 17.8 Å². The van der Waals surface area contributed by atoms with E-state index in [1.165, 1.54) is 6.20 Å². The summed E-state index contributed by atoms with van der Waals surface area (Å²) in [6.07, 6.45) is 3.10. The largest absolute Gasteiger partial charge is 0.370 e. The van der Waals surface area contributed by atoms with Gasteiger partial charge in [0.25, 0.3) is 0 Å². The van der Waals surface area contributed by atoms with Gasteiger partial charge in [-0.15, -0.1) is 0 Å². The van der Waals surface area contributed by atoms with E-state index in [2.05, 4.69) is 20.2 Å². The summed E-state index contributed by atoms with van der Waals surface area (Å²) in [5.41, 5.74) is 7.19. The number of nitrogens with one attached hydrogen (secondary N) is 1. The quantitative estimate of drug-likeness (QED) is 0.687. The van der Waals surface area contributed by atoms with Gasteiger partial charge >= 0.3 is 0 Å². The van der Waals surface area contributed by atoms with E-state index in [1.807, 2.05) is 34.1 Å². The second kappa shape index (κ2) is 10.0. The molecule has 3 N–H and O–H groups in total. The molecular formula is C23H30FN7O2. The molecular weight excluding hydrogens is 425 g/mol. The predicted octanol–water partition coefficient (Wildman–Crippen LogP) is 2.12. The molecule has 1 aromatic heterocycles. The van der Waals surface area contributed by atoms with E-state index < -0.39 is 5.82 Å². The standard InChI is InChI=1S/C23H30FN7O2/c1-16(32)29-10-12-30(13-11-29)19-4-2-18(3-5-19)27-23-26-15-20(24)22(28-23)31-8-6-17(7-9-31)14-21(25)33/h2-5,15,17H,6-14H2,1H3,(H2,25,33)(H,26,27,28). The van der Waals surface area contributed by atoms with E-state index in [0.717, 1.165) is 50.4 Å². The highest BCUT2D eigenvalue weighted by Crippen LogP contribution is 2.27. The van der Waals surface area contributed by atoms with Crippen molar-refractivity contribution >= 4 is 35.0 Å². The highest BCUT2D eigenvalue weighted by atomic mass is 19.1. The predicted molar refractivity (Wildman–Crippen MR) is 125 cm³/mol. The molecule has 2 aromatic rings. The van der Waals surface area contributed by atoms with Crippen molar-refractivity contribution in [2.24, 2.45) is 11.7 Å². The summed E-state index contributed by atoms with van der Waals surface area (Å²) in [6.45, 7) is 5.89. The summed E-state index contributed by atoms with van der Waals surface area (Å²) in [7, 11) is 0. The van der Waals surface area contributed by atoms with Gasteiger partial charge in [0, 0.05) is 64.0 Å². The summed E-state index contributed by atoms with van der Waals surface area (Å²) >= 11 is 0. The zero-order valence-corrected chi connectivity index (χ0v) is 18.8. The zero-order chi connectivity index (χ0) is 23.4. The lowest BCUT2D eigenvalue weighted by Gasteiger charge is -2.35. The smallest absolute Gasteiger partial charge is 0.229 e. The van der Waals surface area contributed by atoms with Crippen LogP contribution in [-0.4, -0.2) is 66.0 Å². The summed E-state index contributed by atoms with van der Waals surface area (Å²) in [4.78, 5) is 37.1. The first kappa shape index (κ1) is 22.8. The summed E-state index contributed by atoms with van der Waals surface area (Å²) in [5, 5.41) is 3.15. The molecule has 0 saturated carbocycles. The van der Waals surface area contributed by atoms with Crippen molar-refractivity contribution in [1.82, 2.24) is 14.9 Å². The number of nitrogens with two attached hydrogens (primary N) is 1. The number of piperidine rings is 1. The van der Waals surface area contributed by atoms with Crippen molar-refractivity contribution in [3.8, 4) is 0 Å².